The van der Waals surface area contributed by atoms with E-state index in [2.05, 4.69) is 52.8 Å². The Morgan fingerprint density at radius 3 is 2.44 bits per heavy atom. The highest BCUT2D eigenvalue weighted by Crippen LogP contribution is 2.17. The lowest BCUT2D eigenvalue weighted by atomic mass is 9.97. The largest absolute Gasteiger partial charge is 0.356 e. The average Bonchev–Trinajstić information content (AvgIpc) is 2.59. The number of nitrogens with one attached hydrogen (secondary N) is 2. The molecule has 2 saturated heterocycles. The second-order valence-electron chi connectivity index (χ2n) is 8.77. The molecule has 0 amide bonds. The third-order valence-corrected chi connectivity index (χ3v) is 5.43. The number of halogens is 1. The minimum absolute atomic E-state index is 0. The van der Waals surface area contributed by atoms with Gasteiger partial charge in [0, 0.05) is 52.4 Å². The summed E-state index contributed by atoms with van der Waals surface area (Å²) in [5.74, 6) is 2.47. The Kier molecular flexibility index (Phi) is 11.9. The third-order valence-electron chi connectivity index (χ3n) is 5.43. The van der Waals surface area contributed by atoms with Crippen LogP contribution in [0.4, 0.5) is 0 Å². The Morgan fingerprint density at radius 1 is 1.15 bits per heavy atom. The molecule has 0 spiro atoms. The molecule has 5 nitrogen and oxygen atoms in total. The van der Waals surface area contributed by atoms with Crippen LogP contribution in [0.2, 0.25) is 0 Å². The Morgan fingerprint density at radius 2 is 1.85 bits per heavy atom. The topological polar surface area (TPSA) is 42.9 Å². The first-order chi connectivity index (χ1) is 12.5. The summed E-state index contributed by atoms with van der Waals surface area (Å²) >= 11 is 0. The summed E-state index contributed by atoms with van der Waals surface area (Å²) in [6, 6.07) is 0.534. The molecule has 2 aliphatic rings. The molecule has 2 N–H and O–H groups in total. The zero-order valence-corrected chi connectivity index (χ0v) is 20.3. The maximum Gasteiger partial charge on any atom is 0.191 e. The van der Waals surface area contributed by atoms with Gasteiger partial charge in [0.2, 0.25) is 0 Å². The van der Waals surface area contributed by atoms with Crippen molar-refractivity contribution in [2.45, 2.75) is 52.5 Å². The molecule has 2 aliphatic heterocycles. The molecular formula is C21H42IN5. The second-order valence-corrected chi connectivity index (χ2v) is 8.77. The van der Waals surface area contributed by atoms with Gasteiger partial charge >= 0.3 is 0 Å². The van der Waals surface area contributed by atoms with Crippen LogP contribution in [0.1, 0.15) is 46.5 Å². The Balaban J connectivity index is 0.00000364. The summed E-state index contributed by atoms with van der Waals surface area (Å²) < 4.78 is 0. The van der Waals surface area contributed by atoms with Crippen molar-refractivity contribution in [2.75, 3.05) is 52.9 Å². The van der Waals surface area contributed by atoms with Gasteiger partial charge in [-0.15, -0.1) is 24.0 Å². The molecule has 1 atom stereocenters. The third kappa shape index (κ3) is 9.61. The van der Waals surface area contributed by atoms with Crippen LogP contribution < -0.4 is 10.6 Å². The molecule has 2 rings (SSSR count). The highest BCUT2D eigenvalue weighted by molar-refractivity contribution is 14.0. The van der Waals surface area contributed by atoms with Gasteiger partial charge in [0.25, 0.3) is 0 Å². The van der Waals surface area contributed by atoms with Crippen LogP contribution in [-0.4, -0.2) is 74.7 Å². The number of piperidine rings is 2. The van der Waals surface area contributed by atoms with E-state index >= 15 is 0 Å². The van der Waals surface area contributed by atoms with Gasteiger partial charge in [0.1, 0.15) is 0 Å². The van der Waals surface area contributed by atoms with Crippen LogP contribution in [0.5, 0.6) is 0 Å². The van der Waals surface area contributed by atoms with E-state index in [1.807, 2.05) is 7.05 Å². The number of rotatable bonds is 7. The maximum absolute atomic E-state index is 4.45. The molecule has 0 radical (unpaired) electrons. The van der Waals surface area contributed by atoms with Crippen LogP contribution in [0.15, 0.2) is 17.1 Å². The number of hydrogen-bond acceptors (Lipinski definition) is 3. The average molecular weight is 492 g/mol. The number of hydrogen-bond donors (Lipinski definition) is 2. The lowest BCUT2D eigenvalue weighted by molar-refractivity contribution is 0.159. The van der Waals surface area contributed by atoms with E-state index in [9.17, 15) is 0 Å². The zero-order valence-electron chi connectivity index (χ0n) is 18.0. The van der Waals surface area contributed by atoms with Crippen molar-refractivity contribution in [3.05, 3.63) is 12.2 Å². The van der Waals surface area contributed by atoms with E-state index in [1.54, 1.807) is 0 Å². The van der Waals surface area contributed by atoms with E-state index in [4.69, 9.17) is 0 Å². The predicted octanol–water partition coefficient (Wildman–Crippen LogP) is 3.18. The van der Waals surface area contributed by atoms with E-state index < -0.39 is 0 Å². The molecule has 158 valence electrons. The number of likely N-dealkylation sites (tertiary alicyclic amines) is 2. The van der Waals surface area contributed by atoms with E-state index in [-0.39, 0.29) is 24.0 Å². The molecule has 1 unspecified atom stereocenters. The highest BCUT2D eigenvalue weighted by atomic mass is 127. The molecule has 0 aliphatic carbocycles. The van der Waals surface area contributed by atoms with Gasteiger partial charge in [0.15, 0.2) is 5.96 Å². The fourth-order valence-electron chi connectivity index (χ4n) is 4.25. The summed E-state index contributed by atoms with van der Waals surface area (Å²) in [6.07, 6.45) is 5.02. The normalized spacial score (nSPS) is 23.1. The number of aliphatic imine (C=N–C) groups is 1. The van der Waals surface area contributed by atoms with Crippen molar-refractivity contribution < 1.29 is 0 Å². The predicted molar refractivity (Wildman–Crippen MR) is 128 cm³/mol. The smallest absolute Gasteiger partial charge is 0.191 e. The van der Waals surface area contributed by atoms with Crippen molar-refractivity contribution in [1.82, 2.24) is 20.4 Å². The van der Waals surface area contributed by atoms with Crippen molar-refractivity contribution in [3.8, 4) is 0 Å². The molecule has 0 bridgehead atoms. The minimum atomic E-state index is 0. The maximum atomic E-state index is 4.45. The van der Waals surface area contributed by atoms with Gasteiger partial charge in [-0.2, -0.15) is 0 Å². The van der Waals surface area contributed by atoms with Gasteiger partial charge in [-0.05, 0) is 51.0 Å². The summed E-state index contributed by atoms with van der Waals surface area (Å²) in [4.78, 5) is 9.59. The molecule has 6 heteroatoms. The van der Waals surface area contributed by atoms with Crippen LogP contribution in [0, 0.1) is 11.8 Å². The zero-order chi connectivity index (χ0) is 18.9. The van der Waals surface area contributed by atoms with Crippen molar-refractivity contribution in [1.29, 1.82) is 0 Å². The molecule has 0 aromatic carbocycles. The summed E-state index contributed by atoms with van der Waals surface area (Å²) in [5, 5.41) is 7.23. The second kappa shape index (κ2) is 13.0. The summed E-state index contributed by atoms with van der Waals surface area (Å²) in [6.45, 7) is 18.9. The van der Waals surface area contributed by atoms with E-state index in [1.165, 1.54) is 50.9 Å². The first kappa shape index (κ1) is 24.7. The molecule has 2 heterocycles. The Labute approximate surface area is 184 Å². The van der Waals surface area contributed by atoms with Crippen molar-refractivity contribution in [3.63, 3.8) is 0 Å². The standard InChI is InChI=1S/C21H41N5.HI/c1-17(2)14-25-11-8-20(9-12-25)24-21(22-5)23-13-19-7-6-10-26(16-19)15-18(3)4;/h18-20H,1,6-16H2,2-5H3,(H2,22,23,24);1H. The fraction of sp³-hybridized carbons (Fsp3) is 0.857. The lowest BCUT2D eigenvalue weighted by Gasteiger charge is -2.35. The van der Waals surface area contributed by atoms with Gasteiger partial charge < -0.3 is 15.5 Å². The number of nitrogens with zero attached hydrogens (tertiary/aromatic N) is 3. The Bertz CT molecular complexity index is 457. The molecule has 0 saturated carbocycles. The van der Waals surface area contributed by atoms with Gasteiger partial charge in [-0.1, -0.05) is 26.0 Å². The first-order valence-corrected chi connectivity index (χ1v) is 10.5. The van der Waals surface area contributed by atoms with E-state index in [0.29, 0.717) is 6.04 Å². The fourth-order valence-corrected chi connectivity index (χ4v) is 4.25. The molecule has 0 aromatic rings. The van der Waals surface area contributed by atoms with Crippen molar-refractivity contribution >= 4 is 29.9 Å². The van der Waals surface area contributed by atoms with E-state index in [0.717, 1.165) is 44.0 Å². The number of guanidine groups is 1. The monoisotopic (exact) mass is 491 g/mol. The minimum Gasteiger partial charge on any atom is -0.356 e. The summed E-state index contributed by atoms with van der Waals surface area (Å²) in [5.41, 5.74) is 1.26. The first-order valence-electron chi connectivity index (χ1n) is 10.5. The molecule has 0 aromatic heterocycles. The Hall–Kier alpha value is -0.340. The van der Waals surface area contributed by atoms with Crippen molar-refractivity contribution in [2.24, 2.45) is 16.8 Å². The van der Waals surface area contributed by atoms with Gasteiger partial charge in [-0.25, -0.2) is 0 Å². The van der Waals surface area contributed by atoms with Crippen LogP contribution in [-0.2, 0) is 0 Å². The van der Waals surface area contributed by atoms with Crippen LogP contribution in [0.25, 0.3) is 0 Å². The highest BCUT2D eigenvalue weighted by Gasteiger charge is 2.22. The van der Waals surface area contributed by atoms with Crippen LogP contribution >= 0.6 is 24.0 Å². The SMILES string of the molecule is C=C(C)CN1CCC(NC(=NC)NCC2CCCN(CC(C)C)C2)CC1.I. The molecule has 2 fully saturated rings. The lowest BCUT2D eigenvalue weighted by Crippen LogP contribution is -2.50. The van der Waals surface area contributed by atoms with Gasteiger partial charge in [-0.3, -0.25) is 9.89 Å². The molecule has 27 heavy (non-hydrogen) atoms. The van der Waals surface area contributed by atoms with Crippen LogP contribution in [0.3, 0.4) is 0 Å². The quantitative estimate of drug-likeness (QED) is 0.249. The molecular weight excluding hydrogens is 449 g/mol. The summed E-state index contributed by atoms with van der Waals surface area (Å²) in [7, 11) is 1.89. The van der Waals surface area contributed by atoms with Gasteiger partial charge in [0.05, 0.1) is 0 Å².